The van der Waals surface area contributed by atoms with Gasteiger partial charge in [-0.05, 0) is 37.1 Å². The molecular weight excluding hydrogens is 454 g/mol. The number of methoxy groups -OCH3 is 1. The van der Waals surface area contributed by atoms with Crippen molar-refractivity contribution in [2.24, 2.45) is 0 Å². The highest BCUT2D eigenvalue weighted by Gasteiger charge is 2.20. The van der Waals surface area contributed by atoms with Crippen LogP contribution in [0.3, 0.4) is 0 Å². The molecule has 33 heavy (non-hydrogen) atoms. The Morgan fingerprint density at radius 1 is 1.03 bits per heavy atom. The van der Waals surface area contributed by atoms with E-state index in [2.05, 4.69) is 10.3 Å². The van der Waals surface area contributed by atoms with Crippen molar-refractivity contribution in [2.75, 3.05) is 26.9 Å². The molecule has 0 unspecified atom stereocenters. The topological polar surface area (TPSA) is 150 Å². The van der Waals surface area contributed by atoms with Gasteiger partial charge in [0.1, 0.15) is 0 Å². The summed E-state index contributed by atoms with van der Waals surface area (Å²) in [6.07, 6.45) is 1.34. The molecule has 0 aliphatic heterocycles. The highest BCUT2D eigenvalue weighted by atomic mass is 32.2. The van der Waals surface area contributed by atoms with E-state index in [-0.39, 0.29) is 28.5 Å². The molecule has 1 aromatic carbocycles. The molecule has 0 saturated carbocycles. The third-order valence-corrected chi connectivity index (χ3v) is 5.38. The summed E-state index contributed by atoms with van der Waals surface area (Å²) in [5.74, 6) is -1.51. The lowest BCUT2D eigenvalue weighted by molar-refractivity contribution is 0.0944. The second-order valence-electron chi connectivity index (χ2n) is 6.65. The average molecular weight is 480 g/mol. The van der Waals surface area contributed by atoms with Gasteiger partial charge in [-0.3, -0.25) is 9.59 Å². The number of pyridine rings is 1. The maximum Gasteiger partial charge on any atom is 0.515 e. The molecule has 0 atom stereocenters. The molecule has 0 saturated heterocycles. The molecule has 0 fully saturated rings. The van der Waals surface area contributed by atoms with Crippen LogP contribution >= 0.6 is 0 Å². The zero-order chi connectivity index (χ0) is 24.3. The summed E-state index contributed by atoms with van der Waals surface area (Å²) >= 11 is 0. The number of sulfonamides is 1. The van der Waals surface area contributed by atoms with Gasteiger partial charge in [-0.2, -0.15) is 0 Å². The Labute approximate surface area is 191 Å². The van der Waals surface area contributed by atoms with Crippen LogP contribution in [0.1, 0.15) is 40.5 Å². The number of benzene rings is 1. The molecule has 2 rings (SSSR count). The van der Waals surface area contributed by atoms with Crippen molar-refractivity contribution >= 4 is 28.0 Å². The number of hydrogen-bond donors (Lipinski definition) is 2. The Bertz CT molecular complexity index is 1070. The summed E-state index contributed by atoms with van der Waals surface area (Å²) in [6, 6.07) is 7.75. The minimum Gasteiger partial charge on any atom is -0.434 e. The molecule has 0 aliphatic rings. The molecule has 0 bridgehead atoms. The van der Waals surface area contributed by atoms with Gasteiger partial charge in [-0.15, -0.1) is 0 Å². The first-order valence-electron chi connectivity index (χ1n) is 10.0. The van der Waals surface area contributed by atoms with E-state index < -0.39 is 28.0 Å². The summed E-state index contributed by atoms with van der Waals surface area (Å²) in [5.41, 5.74) is 0.0424. The first kappa shape index (κ1) is 25.7. The maximum absolute atomic E-state index is 12.6. The number of nitrogens with zero attached hydrogens (tertiary/aromatic N) is 1. The second kappa shape index (κ2) is 12.5. The molecule has 12 heteroatoms. The van der Waals surface area contributed by atoms with E-state index in [1.54, 1.807) is 7.11 Å². The first-order chi connectivity index (χ1) is 15.8. The number of ether oxygens (including phenoxy) is 3. The van der Waals surface area contributed by atoms with Gasteiger partial charge in [-0.25, -0.2) is 22.9 Å². The Morgan fingerprint density at radius 2 is 1.82 bits per heavy atom. The van der Waals surface area contributed by atoms with Gasteiger partial charge in [0.25, 0.3) is 21.8 Å². The van der Waals surface area contributed by atoms with Gasteiger partial charge < -0.3 is 19.5 Å². The summed E-state index contributed by atoms with van der Waals surface area (Å²) in [6.45, 7) is 2.85. The van der Waals surface area contributed by atoms with E-state index in [4.69, 9.17) is 14.2 Å². The third-order valence-electron chi connectivity index (χ3n) is 4.05. The predicted molar refractivity (Wildman–Crippen MR) is 116 cm³/mol. The zero-order valence-electron chi connectivity index (χ0n) is 18.2. The summed E-state index contributed by atoms with van der Waals surface area (Å²) < 4.78 is 41.6. The Hall–Kier alpha value is -3.51. The molecule has 2 amide bonds. The van der Waals surface area contributed by atoms with Crippen LogP contribution in [-0.2, 0) is 19.5 Å². The first-order valence-corrected chi connectivity index (χ1v) is 11.5. The highest BCUT2D eigenvalue weighted by Crippen LogP contribution is 2.14. The van der Waals surface area contributed by atoms with Gasteiger partial charge >= 0.3 is 6.16 Å². The van der Waals surface area contributed by atoms with Crippen molar-refractivity contribution in [2.45, 2.75) is 24.7 Å². The van der Waals surface area contributed by atoms with Crippen LogP contribution < -0.4 is 14.8 Å². The molecule has 0 spiro atoms. The van der Waals surface area contributed by atoms with Crippen LogP contribution in [0.2, 0.25) is 0 Å². The zero-order valence-corrected chi connectivity index (χ0v) is 19.0. The third kappa shape index (κ3) is 8.16. The number of amides is 2. The molecule has 2 aromatic rings. The Morgan fingerprint density at radius 3 is 2.48 bits per heavy atom. The van der Waals surface area contributed by atoms with Crippen molar-refractivity contribution in [1.82, 2.24) is 15.0 Å². The quantitative estimate of drug-likeness (QED) is 0.364. The van der Waals surface area contributed by atoms with E-state index in [1.165, 1.54) is 36.4 Å². The normalized spacial score (nSPS) is 10.8. The highest BCUT2D eigenvalue weighted by molar-refractivity contribution is 7.90. The molecule has 0 aliphatic carbocycles. The van der Waals surface area contributed by atoms with E-state index in [9.17, 15) is 22.8 Å². The monoisotopic (exact) mass is 479 g/mol. The fourth-order valence-electron chi connectivity index (χ4n) is 2.44. The van der Waals surface area contributed by atoms with E-state index in [0.717, 1.165) is 6.20 Å². The second-order valence-corrected chi connectivity index (χ2v) is 8.33. The minimum absolute atomic E-state index is 0.0834. The van der Waals surface area contributed by atoms with Gasteiger partial charge in [0.15, 0.2) is 0 Å². The number of carbonyl (C=O) groups excluding carboxylic acids is 3. The number of carbonyl (C=O) groups is 3. The predicted octanol–water partition coefficient (Wildman–Crippen LogP) is 1.89. The van der Waals surface area contributed by atoms with Crippen molar-refractivity contribution in [3.63, 3.8) is 0 Å². The van der Waals surface area contributed by atoms with Crippen molar-refractivity contribution in [1.29, 1.82) is 0 Å². The number of aromatic nitrogens is 1. The van der Waals surface area contributed by atoms with E-state index >= 15 is 0 Å². The van der Waals surface area contributed by atoms with Gasteiger partial charge in [0.05, 0.1) is 17.1 Å². The molecule has 1 heterocycles. The number of hydrogen-bond acceptors (Lipinski definition) is 9. The molecule has 11 nitrogen and oxygen atoms in total. The lowest BCUT2D eigenvalue weighted by Gasteiger charge is -2.09. The summed E-state index contributed by atoms with van der Waals surface area (Å²) in [5, 5.41) is 2.65. The molecule has 0 radical (unpaired) electrons. The molecule has 178 valence electrons. The van der Waals surface area contributed by atoms with Gasteiger partial charge in [-0.1, -0.05) is 13.0 Å². The van der Waals surface area contributed by atoms with E-state index in [1.807, 2.05) is 11.6 Å². The van der Waals surface area contributed by atoms with Crippen molar-refractivity contribution in [3.05, 3.63) is 53.7 Å². The van der Waals surface area contributed by atoms with Crippen LogP contribution in [0.4, 0.5) is 4.79 Å². The average Bonchev–Trinajstić information content (AvgIpc) is 2.80. The van der Waals surface area contributed by atoms with E-state index in [0.29, 0.717) is 26.0 Å². The molecular formula is C21H25N3O8S. The van der Waals surface area contributed by atoms with Crippen molar-refractivity contribution in [3.8, 4) is 5.88 Å². The standard InChI is InChI=1S/C21H25N3O8S/c1-3-11-31-21(27)32-18-9-8-16(14-23-18)20(26)24-33(28,29)17-7-4-6-15(13-17)19(25)22-10-5-12-30-2/h4,6-9,13-14H,3,5,10-12H2,1-2H3,(H,22,25)(H,24,26). The lowest BCUT2D eigenvalue weighted by atomic mass is 10.2. The Kier molecular flexibility index (Phi) is 9.76. The van der Waals surface area contributed by atoms with Crippen LogP contribution in [-0.4, -0.2) is 58.2 Å². The van der Waals surface area contributed by atoms with Crippen molar-refractivity contribution < 1.29 is 37.0 Å². The molecule has 2 N–H and O–H groups in total. The van der Waals surface area contributed by atoms with Gasteiger partial charge in [0.2, 0.25) is 5.88 Å². The minimum atomic E-state index is -4.26. The lowest BCUT2D eigenvalue weighted by Crippen LogP contribution is -2.31. The Balaban J connectivity index is 2.02. The largest absolute Gasteiger partial charge is 0.515 e. The fourth-order valence-corrected chi connectivity index (χ4v) is 3.46. The van der Waals surface area contributed by atoms with Crippen LogP contribution in [0, 0.1) is 0 Å². The van der Waals surface area contributed by atoms with Crippen LogP contribution in [0.15, 0.2) is 47.5 Å². The smallest absolute Gasteiger partial charge is 0.434 e. The van der Waals surface area contributed by atoms with Crippen LogP contribution in [0.5, 0.6) is 5.88 Å². The SMILES string of the molecule is CCCOC(=O)Oc1ccc(C(=O)NS(=O)(=O)c2cccc(C(=O)NCCCOC)c2)cn1. The fraction of sp³-hybridized carbons (Fsp3) is 0.333. The maximum atomic E-state index is 12.6. The summed E-state index contributed by atoms with van der Waals surface area (Å²) in [7, 11) is -2.72. The number of rotatable bonds is 11. The number of nitrogens with one attached hydrogen (secondary N) is 2. The van der Waals surface area contributed by atoms with Crippen LogP contribution in [0.25, 0.3) is 0 Å². The summed E-state index contributed by atoms with van der Waals surface area (Å²) in [4.78, 5) is 39.5. The van der Waals surface area contributed by atoms with Gasteiger partial charge in [0, 0.05) is 38.1 Å². The molecule has 1 aromatic heterocycles.